The first kappa shape index (κ1) is 12.7. The van der Waals surface area contributed by atoms with E-state index in [2.05, 4.69) is 22.5 Å². The highest BCUT2D eigenvalue weighted by Gasteiger charge is 2.06. The van der Waals surface area contributed by atoms with Crippen LogP contribution in [-0.2, 0) is 6.54 Å². The van der Waals surface area contributed by atoms with Crippen LogP contribution < -0.4 is 0 Å². The van der Waals surface area contributed by atoms with Gasteiger partial charge in [0.15, 0.2) is 0 Å². The summed E-state index contributed by atoms with van der Waals surface area (Å²) in [4.78, 5) is 6.51. The van der Waals surface area contributed by atoms with Gasteiger partial charge in [-0.2, -0.15) is 0 Å². The molecule has 2 rings (SSSR count). The summed E-state index contributed by atoms with van der Waals surface area (Å²) < 4.78 is 0. The van der Waals surface area contributed by atoms with E-state index in [-0.39, 0.29) is 6.61 Å². The summed E-state index contributed by atoms with van der Waals surface area (Å²) in [6.45, 7) is 6.15. The second-order valence-corrected chi connectivity index (χ2v) is 4.23. The lowest BCUT2D eigenvalue weighted by Crippen LogP contribution is -2.26. The molecule has 0 spiro atoms. The van der Waals surface area contributed by atoms with Gasteiger partial charge < -0.3 is 5.11 Å². The number of hydrogen-bond donors (Lipinski definition) is 1. The molecule has 3 nitrogen and oxygen atoms in total. The number of hydrogen-bond acceptors (Lipinski definition) is 3. The highest BCUT2D eigenvalue weighted by atomic mass is 16.3. The summed E-state index contributed by atoms with van der Waals surface area (Å²) in [6.07, 6.45) is 3.70. The Morgan fingerprint density at radius 3 is 2.89 bits per heavy atom. The molecule has 0 aliphatic heterocycles. The van der Waals surface area contributed by atoms with Crippen LogP contribution in [-0.4, -0.2) is 34.7 Å². The molecule has 0 atom stereocenters. The van der Waals surface area contributed by atoms with Crippen LogP contribution in [0.2, 0.25) is 0 Å². The van der Waals surface area contributed by atoms with E-state index in [9.17, 15) is 0 Å². The van der Waals surface area contributed by atoms with Crippen LogP contribution in [0.25, 0.3) is 10.9 Å². The number of pyridine rings is 1. The van der Waals surface area contributed by atoms with Gasteiger partial charge in [0.05, 0.1) is 12.1 Å². The van der Waals surface area contributed by atoms with Crippen LogP contribution in [0.3, 0.4) is 0 Å². The van der Waals surface area contributed by atoms with E-state index in [0.717, 1.165) is 18.6 Å². The van der Waals surface area contributed by atoms with Gasteiger partial charge in [0, 0.05) is 31.2 Å². The maximum atomic E-state index is 9.07. The number of rotatable bonds is 6. The highest BCUT2D eigenvalue weighted by Crippen LogP contribution is 2.17. The average Bonchev–Trinajstić information content (AvgIpc) is 2.40. The van der Waals surface area contributed by atoms with Crippen LogP contribution in [0.15, 0.2) is 49.2 Å². The fraction of sp³-hybridized carbons (Fsp3) is 0.267. The monoisotopic (exact) mass is 242 g/mol. The van der Waals surface area contributed by atoms with Crippen molar-refractivity contribution in [1.29, 1.82) is 0 Å². The van der Waals surface area contributed by atoms with E-state index in [1.807, 2.05) is 36.5 Å². The number of benzene rings is 1. The lowest BCUT2D eigenvalue weighted by Gasteiger charge is -2.20. The number of aliphatic hydroxyl groups is 1. The molecule has 0 amide bonds. The first-order valence-electron chi connectivity index (χ1n) is 6.12. The smallest absolute Gasteiger partial charge is 0.0705 e. The van der Waals surface area contributed by atoms with Gasteiger partial charge in [0.1, 0.15) is 0 Å². The Bertz CT molecular complexity index is 519. The molecule has 0 aliphatic carbocycles. The normalized spacial score (nSPS) is 11.0. The van der Waals surface area contributed by atoms with E-state index in [4.69, 9.17) is 5.11 Å². The lowest BCUT2D eigenvalue weighted by molar-refractivity contribution is 0.204. The Balaban J connectivity index is 2.27. The second-order valence-electron chi connectivity index (χ2n) is 4.23. The Morgan fingerprint density at radius 1 is 1.28 bits per heavy atom. The first-order chi connectivity index (χ1) is 8.85. The lowest BCUT2D eigenvalue weighted by atomic mass is 10.1. The molecule has 1 heterocycles. The van der Waals surface area contributed by atoms with E-state index in [1.54, 1.807) is 0 Å². The summed E-state index contributed by atoms with van der Waals surface area (Å²) in [5.74, 6) is 0. The first-order valence-corrected chi connectivity index (χ1v) is 6.12. The molecule has 0 unspecified atom stereocenters. The summed E-state index contributed by atoms with van der Waals surface area (Å²) in [6, 6.07) is 10.2. The van der Waals surface area contributed by atoms with E-state index < -0.39 is 0 Å². The van der Waals surface area contributed by atoms with Crippen molar-refractivity contribution in [3.63, 3.8) is 0 Å². The minimum Gasteiger partial charge on any atom is -0.395 e. The number of aliphatic hydroxyl groups excluding tert-OH is 1. The van der Waals surface area contributed by atoms with E-state index in [0.29, 0.717) is 6.54 Å². The Kier molecular flexibility index (Phi) is 4.45. The van der Waals surface area contributed by atoms with Crippen LogP contribution in [0.4, 0.5) is 0 Å². The number of para-hydroxylation sites is 1. The zero-order valence-corrected chi connectivity index (χ0v) is 10.4. The molecule has 0 aliphatic rings. The van der Waals surface area contributed by atoms with E-state index in [1.165, 1.54) is 10.9 Å². The third kappa shape index (κ3) is 2.94. The maximum absolute atomic E-state index is 9.07. The predicted octanol–water partition coefficient (Wildman–Crippen LogP) is 2.22. The average molecular weight is 242 g/mol. The van der Waals surface area contributed by atoms with Crippen molar-refractivity contribution in [2.45, 2.75) is 6.54 Å². The molecule has 1 aromatic heterocycles. The van der Waals surface area contributed by atoms with Crippen molar-refractivity contribution in [3.8, 4) is 0 Å². The third-order valence-corrected chi connectivity index (χ3v) is 2.94. The Morgan fingerprint density at radius 2 is 2.11 bits per heavy atom. The third-order valence-electron chi connectivity index (χ3n) is 2.94. The molecule has 0 saturated carbocycles. The summed E-state index contributed by atoms with van der Waals surface area (Å²) >= 11 is 0. The minimum absolute atomic E-state index is 0.164. The maximum Gasteiger partial charge on any atom is 0.0705 e. The molecular weight excluding hydrogens is 224 g/mol. The fourth-order valence-corrected chi connectivity index (χ4v) is 2.09. The molecule has 0 bridgehead atoms. The van der Waals surface area contributed by atoms with Gasteiger partial charge in [-0.05, 0) is 17.7 Å². The van der Waals surface area contributed by atoms with Crippen molar-refractivity contribution in [2.75, 3.05) is 19.7 Å². The summed E-state index contributed by atoms with van der Waals surface area (Å²) in [7, 11) is 0. The van der Waals surface area contributed by atoms with Crippen LogP contribution in [0.1, 0.15) is 5.56 Å². The van der Waals surface area contributed by atoms with Gasteiger partial charge in [0.25, 0.3) is 0 Å². The van der Waals surface area contributed by atoms with Crippen LogP contribution >= 0.6 is 0 Å². The van der Waals surface area contributed by atoms with Crippen molar-refractivity contribution in [2.24, 2.45) is 0 Å². The van der Waals surface area contributed by atoms with Crippen molar-refractivity contribution >= 4 is 10.9 Å². The second kappa shape index (κ2) is 6.28. The fourth-order valence-electron chi connectivity index (χ4n) is 2.09. The largest absolute Gasteiger partial charge is 0.395 e. The van der Waals surface area contributed by atoms with Crippen molar-refractivity contribution in [1.82, 2.24) is 9.88 Å². The standard InChI is InChI=1S/C15H18N2O/c1-2-9-17(10-11-18)12-13-7-8-16-15-6-4-3-5-14(13)15/h2-8,18H,1,9-12H2. The molecule has 0 fully saturated rings. The van der Waals surface area contributed by atoms with Crippen LogP contribution in [0, 0.1) is 0 Å². The quantitative estimate of drug-likeness (QED) is 0.789. The number of aromatic nitrogens is 1. The summed E-state index contributed by atoms with van der Waals surface area (Å²) in [5, 5.41) is 10.2. The molecule has 1 N–H and O–H groups in total. The molecular formula is C15H18N2O. The van der Waals surface area contributed by atoms with Crippen molar-refractivity contribution in [3.05, 3.63) is 54.7 Å². The molecule has 0 saturated heterocycles. The van der Waals surface area contributed by atoms with Gasteiger partial charge in [-0.25, -0.2) is 0 Å². The zero-order chi connectivity index (χ0) is 12.8. The van der Waals surface area contributed by atoms with Gasteiger partial charge in [-0.1, -0.05) is 24.3 Å². The van der Waals surface area contributed by atoms with Gasteiger partial charge in [0.2, 0.25) is 0 Å². The molecule has 3 heteroatoms. The molecule has 2 aromatic rings. The summed E-state index contributed by atoms with van der Waals surface area (Å²) in [5.41, 5.74) is 2.24. The van der Waals surface area contributed by atoms with E-state index >= 15 is 0 Å². The highest BCUT2D eigenvalue weighted by molar-refractivity contribution is 5.81. The van der Waals surface area contributed by atoms with Crippen LogP contribution in [0.5, 0.6) is 0 Å². The molecule has 18 heavy (non-hydrogen) atoms. The SMILES string of the molecule is C=CCN(CCO)Cc1ccnc2ccccc12. The zero-order valence-electron chi connectivity index (χ0n) is 10.4. The minimum atomic E-state index is 0.164. The molecule has 94 valence electrons. The van der Waals surface area contributed by atoms with Gasteiger partial charge in [-0.3, -0.25) is 9.88 Å². The Hall–Kier alpha value is -1.71. The number of fused-ring (bicyclic) bond motifs is 1. The van der Waals surface area contributed by atoms with Gasteiger partial charge in [-0.15, -0.1) is 6.58 Å². The predicted molar refractivity (Wildman–Crippen MR) is 74.3 cm³/mol. The molecule has 1 aromatic carbocycles. The Labute approximate surface area is 107 Å². The molecule has 0 radical (unpaired) electrons. The topological polar surface area (TPSA) is 36.4 Å². The number of nitrogens with zero attached hydrogens (tertiary/aromatic N) is 2. The van der Waals surface area contributed by atoms with Gasteiger partial charge >= 0.3 is 0 Å². The van der Waals surface area contributed by atoms with Crippen molar-refractivity contribution < 1.29 is 5.11 Å².